The number of hydrogen-bond donors (Lipinski definition) is 1. The fraction of sp³-hybridized carbons (Fsp3) is 0.250. The van der Waals surface area contributed by atoms with E-state index in [1.807, 2.05) is 12.1 Å². The zero-order chi connectivity index (χ0) is 13.2. The van der Waals surface area contributed by atoms with Gasteiger partial charge in [0.25, 0.3) is 0 Å². The first-order valence-electron chi connectivity index (χ1n) is 5.73. The molecule has 0 radical (unpaired) electrons. The Morgan fingerprint density at radius 1 is 1.37 bits per heavy atom. The van der Waals surface area contributed by atoms with Crippen LogP contribution < -0.4 is 0 Å². The topological polar surface area (TPSA) is 72.5 Å². The van der Waals surface area contributed by atoms with Crippen LogP contribution >= 0.6 is 11.3 Å². The molecule has 0 spiro atoms. The summed E-state index contributed by atoms with van der Waals surface area (Å²) in [4.78, 5) is 0.752. The highest BCUT2D eigenvalue weighted by atomic mass is 32.1. The minimum absolute atomic E-state index is 0.264. The summed E-state index contributed by atoms with van der Waals surface area (Å²) in [6.45, 7) is 0.385. The smallest absolute Gasteiger partial charge is 0.234 e. The number of fused-ring (bicyclic) bond motifs is 1. The van der Waals surface area contributed by atoms with Crippen molar-refractivity contribution in [2.45, 2.75) is 13.0 Å². The number of aromatic hydroxyl groups is 1. The van der Waals surface area contributed by atoms with Crippen LogP contribution in [0.25, 0.3) is 4.96 Å². The van der Waals surface area contributed by atoms with Crippen molar-refractivity contribution in [3.05, 3.63) is 40.7 Å². The zero-order valence-electron chi connectivity index (χ0n) is 10.3. The lowest BCUT2D eigenvalue weighted by Crippen LogP contribution is -1.98. The lowest BCUT2D eigenvalue weighted by Gasteiger charge is -1.98. The number of benzene rings is 1. The molecule has 19 heavy (non-hydrogen) atoms. The maximum Gasteiger partial charge on any atom is 0.234 e. The number of ether oxygens (including phenoxy) is 1. The second kappa shape index (κ2) is 4.94. The first-order valence-corrected chi connectivity index (χ1v) is 6.55. The summed E-state index contributed by atoms with van der Waals surface area (Å²) in [6.07, 6.45) is 0.662. The molecule has 1 N–H and O–H groups in total. The maximum atomic E-state index is 9.44. The molecular formula is C12H12N4O2S. The summed E-state index contributed by atoms with van der Waals surface area (Å²) in [6, 6.07) is 7.16. The first-order chi connectivity index (χ1) is 9.26. The number of phenols is 1. The summed E-state index contributed by atoms with van der Waals surface area (Å²) in [5, 5.41) is 22.9. The molecule has 0 atom stereocenters. The standard InChI is InChI=1S/C12H12N4O2S/c1-18-7-10-13-14-12-16(10)15-11(19-12)6-8-3-2-4-9(17)5-8/h2-5,17H,6-7H2,1H3. The van der Waals surface area contributed by atoms with Crippen molar-refractivity contribution in [3.63, 3.8) is 0 Å². The van der Waals surface area contributed by atoms with Crippen LogP contribution in [0.3, 0.4) is 0 Å². The molecule has 0 amide bonds. The number of aromatic nitrogens is 4. The molecule has 6 nitrogen and oxygen atoms in total. The van der Waals surface area contributed by atoms with Crippen molar-refractivity contribution >= 4 is 16.3 Å². The van der Waals surface area contributed by atoms with E-state index in [1.165, 1.54) is 11.3 Å². The highest BCUT2D eigenvalue weighted by Gasteiger charge is 2.11. The Labute approximate surface area is 113 Å². The summed E-state index contributed by atoms with van der Waals surface area (Å²) in [5.41, 5.74) is 1.01. The molecule has 0 saturated heterocycles. The van der Waals surface area contributed by atoms with Gasteiger partial charge in [-0.15, -0.1) is 10.2 Å². The SMILES string of the molecule is COCc1nnc2sc(Cc3cccc(O)c3)nn12. The zero-order valence-corrected chi connectivity index (χ0v) is 11.1. The highest BCUT2D eigenvalue weighted by molar-refractivity contribution is 7.16. The van der Waals surface area contributed by atoms with Gasteiger partial charge < -0.3 is 9.84 Å². The molecule has 0 aliphatic heterocycles. The number of methoxy groups -OCH3 is 1. The fourth-order valence-corrected chi connectivity index (χ4v) is 2.72. The van der Waals surface area contributed by atoms with Gasteiger partial charge in [0.05, 0.1) is 0 Å². The van der Waals surface area contributed by atoms with Gasteiger partial charge in [-0.2, -0.15) is 9.61 Å². The molecule has 2 heterocycles. The van der Waals surface area contributed by atoms with Crippen molar-refractivity contribution < 1.29 is 9.84 Å². The second-order valence-electron chi connectivity index (χ2n) is 4.09. The molecule has 0 bridgehead atoms. The lowest BCUT2D eigenvalue weighted by molar-refractivity contribution is 0.176. The van der Waals surface area contributed by atoms with Gasteiger partial charge in [0.15, 0.2) is 5.82 Å². The molecule has 0 unspecified atom stereocenters. The Morgan fingerprint density at radius 2 is 2.26 bits per heavy atom. The van der Waals surface area contributed by atoms with Crippen LogP contribution in [0.15, 0.2) is 24.3 Å². The van der Waals surface area contributed by atoms with Gasteiger partial charge in [0, 0.05) is 13.5 Å². The molecule has 0 aliphatic carbocycles. The normalized spacial score (nSPS) is 11.2. The third-order valence-electron chi connectivity index (χ3n) is 2.64. The molecule has 0 aliphatic rings. The van der Waals surface area contributed by atoms with E-state index in [9.17, 15) is 5.11 Å². The van der Waals surface area contributed by atoms with Crippen molar-refractivity contribution in [2.24, 2.45) is 0 Å². The Morgan fingerprint density at radius 3 is 3.05 bits per heavy atom. The minimum Gasteiger partial charge on any atom is -0.508 e. The third-order valence-corrected chi connectivity index (χ3v) is 3.54. The Kier molecular flexibility index (Phi) is 3.14. The molecular weight excluding hydrogens is 264 g/mol. The monoisotopic (exact) mass is 276 g/mol. The molecule has 3 aromatic rings. The number of phenolic OH excluding ortho intramolecular Hbond substituents is 1. The number of hydrogen-bond acceptors (Lipinski definition) is 6. The molecule has 0 saturated carbocycles. The fourth-order valence-electron chi connectivity index (χ4n) is 1.83. The van der Waals surface area contributed by atoms with E-state index in [0.717, 1.165) is 15.5 Å². The van der Waals surface area contributed by atoms with Crippen LogP contribution in [0.1, 0.15) is 16.4 Å². The van der Waals surface area contributed by atoms with Gasteiger partial charge in [-0.1, -0.05) is 23.5 Å². The molecule has 1 aromatic carbocycles. The summed E-state index contributed by atoms with van der Waals surface area (Å²) >= 11 is 1.49. The minimum atomic E-state index is 0.264. The Hall–Kier alpha value is -1.99. The van der Waals surface area contributed by atoms with E-state index < -0.39 is 0 Å². The van der Waals surface area contributed by atoms with Crippen LogP contribution in [-0.2, 0) is 17.8 Å². The molecule has 7 heteroatoms. The van der Waals surface area contributed by atoms with Crippen LogP contribution in [0, 0.1) is 0 Å². The van der Waals surface area contributed by atoms with Crippen molar-refractivity contribution in [1.82, 2.24) is 19.8 Å². The average Bonchev–Trinajstić information content (AvgIpc) is 2.91. The second-order valence-corrected chi connectivity index (χ2v) is 5.13. The van der Waals surface area contributed by atoms with Crippen molar-refractivity contribution in [1.29, 1.82) is 0 Å². The van der Waals surface area contributed by atoms with E-state index in [2.05, 4.69) is 15.3 Å². The van der Waals surface area contributed by atoms with Gasteiger partial charge in [-0.05, 0) is 17.7 Å². The van der Waals surface area contributed by atoms with E-state index >= 15 is 0 Å². The van der Waals surface area contributed by atoms with Gasteiger partial charge in [-0.25, -0.2) is 0 Å². The summed E-state index contributed by atoms with van der Waals surface area (Å²) in [5.74, 6) is 0.955. The summed E-state index contributed by atoms with van der Waals surface area (Å²) in [7, 11) is 1.61. The lowest BCUT2D eigenvalue weighted by atomic mass is 10.1. The van der Waals surface area contributed by atoms with Gasteiger partial charge in [0.2, 0.25) is 4.96 Å². The van der Waals surface area contributed by atoms with Gasteiger partial charge in [-0.3, -0.25) is 0 Å². The van der Waals surface area contributed by atoms with Crippen LogP contribution in [0.2, 0.25) is 0 Å². The van der Waals surface area contributed by atoms with E-state index in [0.29, 0.717) is 18.9 Å². The predicted octanol–water partition coefficient (Wildman–Crippen LogP) is 1.63. The maximum absolute atomic E-state index is 9.44. The molecule has 3 rings (SSSR count). The van der Waals surface area contributed by atoms with Crippen molar-refractivity contribution in [3.8, 4) is 5.75 Å². The van der Waals surface area contributed by atoms with Crippen LogP contribution in [-0.4, -0.2) is 32.0 Å². The van der Waals surface area contributed by atoms with Crippen LogP contribution in [0.5, 0.6) is 5.75 Å². The molecule has 2 aromatic heterocycles. The van der Waals surface area contributed by atoms with E-state index in [-0.39, 0.29) is 5.75 Å². The van der Waals surface area contributed by atoms with Gasteiger partial charge >= 0.3 is 0 Å². The quantitative estimate of drug-likeness (QED) is 0.784. The summed E-state index contributed by atoms with van der Waals surface area (Å²) < 4.78 is 6.75. The van der Waals surface area contributed by atoms with Crippen molar-refractivity contribution in [2.75, 3.05) is 7.11 Å². The van der Waals surface area contributed by atoms with E-state index in [1.54, 1.807) is 23.8 Å². The predicted molar refractivity (Wildman–Crippen MR) is 70.3 cm³/mol. The molecule has 0 fully saturated rings. The Balaban J connectivity index is 1.89. The van der Waals surface area contributed by atoms with Gasteiger partial charge in [0.1, 0.15) is 17.4 Å². The Bertz CT molecular complexity index is 707. The molecule has 98 valence electrons. The highest BCUT2D eigenvalue weighted by Crippen LogP contribution is 2.19. The van der Waals surface area contributed by atoms with E-state index in [4.69, 9.17) is 4.74 Å². The average molecular weight is 276 g/mol. The number of rotatable bonds is 4. The first kappa shape index (κ1) is 12.1. The number of nitrogens with zero attached hydrogens (tertiary/aromatic N) is 4. The largest absolute Gasteiger partial charge is 0.508 e. The third kappa shape index (κ3) is 2.42. The van der Waals surface area contributed by atoms with Crippen LogP contribution in [0.4, 0.5) is 0 Å².